The molecule has 0 aromatic heterocycles. The van der Waals surface area contributed by atoms with Gasteiger partial charge in [0.15, 0.2) is 0 Å². The minimum atomic E-state index is -0.214. The lowest BCUT2D eigenvalue weighted by molar-refractivity contribution is 0.0936. The molecule has 0 heterocycles. The summed E-state index contributed by atoms with van der Waals surface area (Å²) >= 11 is 0. The number of hydrogen-bond donors (Lipinski definition) is 2. The van der Waals surface area contributed by atoms with E-state index in [4.69, 9.17) is 4.74 Å². The van der Waals surface area contributed by atoms with Gasteiger partial charge in [0.1, 0.15) is 0 Å². The summed E-state index contributed by atoms with van der Waals surface area (Å²) in [6.45, 7) is 7.25. The van der Waals surface area contributed by atoms with Crippen molar-refractivity contribution in [3.63, 3.8) is 0 Å². The fourth-order valence-electron chi connectivity index (χ4n) is 2.87. The summed E-state index contributed by atoms with van der Waals surface area (Å²) in [5, 5.41) is 5.71. The molecule has 0 aliphatic carbocycles. The predicted molar refractivity (Wildman–Crippen MR) is 118 cm³/mol. The molecule has 2 rings (SSSR count). The van der Waals surface area contributed by atoms with Gasteiger partial charge in [0.25, 0.3) is 11.8 Å². The Morgan fingerprint density at radius 3 is 2.21 bits per heavy atom. The predicted octanol–water partition coefficient (Wildman–Crippen LogP) is 3.68. The maximum atomic E-state index is 12.6. The van der Waals surface area contributed by atoms with Crippen LogP contribution in [0.15, 0.2) is 42.5 Å². The monoisotopic (exact) mass is 397 g/mol. The number of nitrogens with one attached hydrogen (secondary N) is 2. The first kappa shape index (κ1) is 22.4. The Kier molecular flexibility index (Phi) is 7.40. The van der Waals surface area contributed by atoms with Gasteiger partial charge in [0.05, 0.1) is 12.2 Å². The van der Waals surface area contributed by atoms with Crippen LogP contribution in [0.3, 0.4) is 0 Å². The third-order valence-corrected chi connectivity index (χ3v) is 4.59. The molecule has 0 aliphatic heterocycles. The van der Waals surface area contributed by atoms with Gasteiger partial charge in [-0.3, -0.25) is 9.59 Å². The first-order chi connectivity index (χ1) is 13.6. The van der Waals surface area contributed by atoms with Gasteiger partial charge in [-0.05, 0) is 41.3 Å². The van der Waals surface area contributed by atoms with Crippen molar-refractivity contribution in [2.45, 2.75) is 26.2 Å². The van der Waals surface area contributed by atoms with E-state index in [-0.39, 0.29) is 17.2 Å². The highest BCUT2D eigenvalue weighted by Gasteiger charge is 2.16. The smallest absolute Gasteiger partial charge is 0.255 e. The second-order valence-electron chi connectivity index (χ2n) is 8.16. The van der Waals surface area contributed by atoms with Crippen molar-refractivity contribution in [2.75, 3.05) is 44.6 Å². The fraction of sp³-hybridized carbons (Fsp3) is 0.391. The molecule has 0 atom stereocenters. The quantitative estimate of drug-likeness (QED) is 0.699. The van der Waals surface area contributed by atoms with Crippen LogP contribution in [0.4, 0.5) is 11.4 Å². The number of anilines is 2. The van der Waals surface area contributed by atoms with E-state index in [9.17, 15) is 9.59 Å². The molecule has 29 heavy (non-hydrogen) atoms. The highest BCUT2D eigenvalue weighted by molar-refractivity contribution is 6.06. The van der Waals surface area contributed by atoms with E-state index in [2.05, 4.69) is 31.4 Å². The van der Waals surface area contributed by atoms with E-state index >= 15 is 0 Å². The first-order valence-corrected chi connectivity index (χ1v) is 9.64. The van der Waals surface area contributed by atoms with Gasteiger partial charge in [-0.1, -0.05) is 32.9 Å². The van der Waals surface area contributed by atoms with Crippen LogP contribution in [0.1, 0.15) is 47.1 Å². The van der Waals surface area contributed by atoms with Crippen molar-refractivity contribution < 1.29 is 14.3 Å². The molecule has 0 bridgehead atoms. The molecule has 2 amide bonds. The van der Waals surface area contributed by atoms with Crippen LogP contribution >= 0.6 is 0 Å². The lowest BCUT2D eigenvalue weighted by atomic mass is 9.87. The molecule has 2 aromatic carbocycles. The molecule has 6 nitrogen and oxygen atoms in total. The van der Waals surface area contributed by atoms with E-state index in [1.54, 1.807) is 19.2 Å². The molecule has 0 unspecified atom stereocenters. The summed E-state index contributed by atoms with van der Waals surface area (Å²) in [6, 6.07) is 12.9. The Bertz CT molecular complexity index is 853. The molecule has 0 spiro atoms. The zero-order valence-electron chi connectivity index (χ0n) is 18.1. The van der Waals surface area contributed by atoms with E-state index in [1.165, 1.54) is 5.56 Å². The highest BCUT2D eigenvalue weighted by Crippen LogP contribution is 2.25. The van der Waals surface area contributed by atoms with Crippen LogP contribution in [-0.2, 0) is 10.2 Å². The maximum absolute atomic E-state index is 12.6. The number of ether oxygens (including phenoxy) is 1. The molecule has 0 aliphatic rings. The molecule has 2 aromatic rings. The number of nitrogens with zero attached hydrogens (tertiary/aromatic N) is 1. The van der Waals surface area contributed by atoms with Gasteiger partial charge >= 0.3 is 0 Å². The summed E-state index contributed by atoms with van der Waals surface area (Å²) in [4.78, 5) is 27.1. The topological polar surface area (TPSA) is 70.7 Å². The van der Waals surface area contributed by atoms with Crippen molar-refractivity contribution in [1.82, 2.24) is 5.32 Å². The SMILES string of the molecule is COCCNC(=O)c1cc(NC(=O)c2ccc(C(C)(C)C)cc2)ccc1N(C)C. The number of carbonyl (C=O) groups is 2. The number of benzene rings is 2. The molecule has 0 fully saturated rings. The average molecular weight is 398 g/mol. The number of methoxy groups -OCH3 is 1. The molecule has 0 radical (unpaired) electrons. The fourth-order valence-corrected chi connectivity index (χ4v) is 2.87. The Morgan fingerprint density at radius 1 is 1.00 bits per heavy atom. The highest BCUT2D eigenvalue weighted by atomic mass is 16.5. The summed E-state index contributed by atoms with van der Waals surface area (Å²) in [6.07, 6.45) is 0. The van der Waals surface area contributed by atoms with Gasteiger partial charge in [-0.2, -0.15) is 0 Å². The molecule has 2 N–H and O–H groups in total. The normalized spacial score (nSPS) is 11.1. The third kappa shape index (κ3) is 6.06. The summed E-state index contributed by atoms with van der Waals surface area (Å²) in [7, 11) is 5.33. The number of hydrogen-bond acceptors (Lipinski definition) is 4. The van der Waals surface area contributed by atoms with Gasteiger partial charge in [-0.15, -0.1) is 0 Å². The Morgan fingerprint density at radius 2 is 1.66 bits per heavy atom. The van der Waals surface area contributed by atoms with Gasteiger partial charge in [-0.25, -0.2) is 0 Å². The number of carbonyl (C=O) groups excluding carboxylic acids is 2. The van der Waals surface area contributed by atoms with Crippen LogP contribution in [0, 0.1) is 0 Å². The third-order valence-electron chi connectivity index (χ3n) is 4.59. The van der Waals surface area contributed by atoms with Gasteiger partial charge in [0, 0.05) is 44.7 Å². The van der Waals surface area contributed by atoms with Crippen LogP contribution in [0.25, 0.3) is 0 Å². The van der Waals surface area contributed by atoms with Crippen LogP contribution in [0.5, 0.6) is 0 Å². The maximum Gasteiger partial charge on any atom is 0.255 e. The average Bonchev–Trinajstić information content (AvgIpc) is 2.67. The minimum absolute atomic E-state index is 0.0299. The van der Waals surface area contributed by atoms with Crippen molar-refractivity contribution in [3.8, 4) is 0 Å². The number of rotatable bonds is 7. The molecule has 156 valence electrons. The largest absolute Gasteiger partial charge is 0.383 e. The molecular formula is C23H31N3O3. The molecule has 0 saturated carbocycles. The zero-order chi connectivity index (χ0) is 21.6. The standard InChI is InChI=1S/C23H31N3O3/c1-23(2,3)17-9-7-16(8-10-17)21(27)25-18-11-12-20(26(4)5)19(15-18)22(28)24-13-14-29-6/h7-12,15H,13-14H2,1-6H3,(H,24,28)(H,25,27). The van der Waals surface area contributed by atoms with Crippen LogP contribution in [-0.4, -0.2) is 46.2 Å². The van der Waals surface area contributed by atoms with Crippen molar-refractivity contribution >= 4 is 23.2 Å². The van der Waals surface area contributed by atoms with Crippen molar-refractivity contribution in [3.05, 3.63) is 59.2 Å². The molecule has 6 heteroatoms. The lowest BCUT2D eigenvalue weighted by Gasteiger charge is -2.19. The van der Waals surface area contributed by atoms with Crippen molar-refractivity contribution in [1.29, 1.82) is 0 Å². The Balaban J connectivity index is 2.20. The van der Waals surface area contributed by atoms with Gasteiger partial charge < -0.3 is 20.3 Å². The lowest BCUT2D eigenvalue weighted by Crippen LogP contribution is -2.28. The first-order valence-electron chi connectivity index (χ1n) is 9.64. The Hall–Kier alpha value is -2.86. The van der Waals surface area contributed by atoms with Crippen molar-refractivity contribution in [2.24, 2.45) is 0 Å². The van der Waals surface area contributed by atoms with E-state index in [0.29, 0.717) is 30.0 Å². The summed E-state index contributed by atoms with van der Waals surface area (Å²) in [5.41, 5.74) is 3.60. The van der Waals surface area contributed by atoms with Crippen LogP contribution < -0.4 is 15.5 Å². The number of amides is 2. The second-order valence-corrected chi connectivity index (χ2v) is 8.16. The summed E-state index contributed by atoms with van der Waals surface area (Å²) in [5.74, 6) is -0.426. The Labute approximate surface area is 173 Å². The zero-order valence-corrected chi connectivity index (χ0v) is 18.1. The minimum Gasteiger partial charge on any atom is -0.383 e. The molecule has 0 saturated heterocycles. The van der Waals surface area contributed by atoms with E-state index < -0.39 is 0 Å². The van der Waals surface area contributed by atoms with E-state index in [1.807, 2.05) is 49.3 Å². The van der Waals surface area contributed by atoms with Gasteiger partial charge in [0.2, 0.25) is 0 Å². The summed E-state index contributed by atoms with van der Waals surface area (Å²) < 4.78 is 4.98. The van der Waals surface area contributed by atoms with Crippen LogP contribution in [0.2, 0.25) is 0 Å². The second kappa shape index (κ2) is 9.56. The van der Waals surface area contributed by atoms with E-state index in [0.717, 1.165) is 5.69 Å². The molecular weight excluding hydrogens is 366 g/mol.